The molecule has 5 nitrogen and oxygen atoms in total. The summed E-state index contributed by atoms with van der Waals surface area (Å²) in [6.45, 7) is 8.47. The molecule has 0 radical (unpaired) electrons. The number of hydrogen-bond donors (Lipinski definition) is 1. The van der Waals surface area contributed by atoms with Crippen LogP contribution in [0.15, 0.2) is 6.07 Å². The zero-order valence-electron chi connectivity index (χ0n) is 13.8. The fourth-order valence-electron chi connectivity index (χ4n) is 2.65. The van der Waals surface area contributed by atoms with Gasteiger partial charge in [-0.05, 0) is 40.9 Å². The number of anilines is 2. The molecule has 0 saturated carbocycles. The van der Waals surface area contributed by atoms with E-state index in [-0.39, 0.29) is 0 Å². The average molecular weight is 307 g/mol. The van der Waals surface area contributed by atoms with Crippen LogP contribution in [0.5, 0.6) is 0 Å². The zero-order valence-corrected chi connectivity index (χ0v) is 14.6. The molecule has 6 heteroatoms. The van der Waals surface area contributed by atoms with Gasteiger partial charge in [-0.25, -0.2) is 4.98 Å². The van der Waals surface area contributed by atoms with Crippen molar-refractivity contribution in [3.05, 3.63) is 10.9 Å². The molecule has 0 saturated heterocycles. The smallest absolute Gasteiger partial charge is 0.225 e. The predicted octanol–water partition coefficient (Wildman–Crippen LogP) is 2.82. The molecule has 0 fully saturated rings. The minimum atomic E-state index is 0.396. The number of nitrogens with one attached hydrogen (secondary N) is 1. The summed E-state index contributed by atoms with van der Waals surface area (Å²) < 4.78 is 0. The summed E-state index contributed by atoms with van der Waals surface area (Å²) in [5.74, 6) is 1.72. The lowest BCUT2D eigenvalue weighted by Crippen LogP contribution is -2.40. The van der Waals surface area contributed by atoms with Crippen LogP contribution in [0.4, 0.5) is 11.8 Å². The lowest BCUT2D eigenvalue weighted by molar-refractivity contribution is 0.372. The van der Waals surface area contributed by atoms with E-state index in [0.29, 0.717) is 12.0 Å². The van der Waals surface area contributed by atoms with Crippen LogP contribution in [0.3, 0.4) is 0 Å². The Balaban J connectivity index is 2.50. The first kappa shape index (κ1) is 16.0. The lowest BCUT2D eigenvalue weighted by atomic mass is 10.2. The zero-order chi connectivity index (χ0) is 15.6. The average Bonchev–Trinajstić information content (AvgIpc) is 2.78. The third-order valence-corrected chi connectivity index (χ3v) is 4.44. The summed E-state index contributed by atoms with van der Waals surface area (Å²) in [5.41, 5.74) is 0. The van der Waals surface area contributed by atoms with Gasteiger partial charge >= 0.3 is 0 Å². The van der Waals surface area contributed by atoms with Crippen LogP contribution in [-0.2, 0) is 0 Å². The van der Waals surface area contributed by atoms with Crippen molar-refractivity contribution in [2.24, 2.45) is 0 Å². The molecule has 2 heterocycles. The highest BCUT2D eigenvalue weighted by molar-refractivity contribution is 7.18. The second-order valence-electron chi connectivity index (χ2n) is 5.59. The predicted molar refractivity (Wildman–Crippen MR) is 92.7 cm³/mol. The minimum Gasteiger partial charge on any atom is -0.357 e. The van der Waals surface area contributed by atoms with Crippen molar-refractivity contribution in [3.8, 4) is 0 Å². The molecular formula is C15H25N5S. The van der Waals surface area contributed by atoms with Gasteiger partial charge < -0.3 is 15.1 Å². The molecule has 0 bridgehead atoms. The third-order valence-electron chi connectivity index (χ3n) is 3.49. The number of rotatable bonds is 6. The van der Waals surface area contributed by atoms with E-state index in [1.165, 1.54) is 4.88 Å². The van der Waals surface area contributed by atoms with Gasteiger partial charge in [-0.3, -0.25) is 0 Å². The first-order chi connectivity index (χ1) is 9.96. The van der Waals surface area contributed by atoms with E-state index in [0.717, 1.165) is 29.1 Å². The Morgan fingerprint density at radius 2 is 2.05 bits per heavy atom. The van der Waals surface area contributed by atoms with E-state index >= 15 is 0 Å². The SMILES string of the molecule is CCN(c1nc(NC)nc2sc(C)cc12)C(C)CN(C)C. The quantitative estimate of drug-likeness (QED) is 0.889. The molecule has 2 aromatic heterocycles. The summed E-state index contributed by atoms with van der Waals surface area (Å²) >= 11 is 1.72. The van der Waals surface area contributed by atoms with E-state index in [9.17, 15) is 0 Å². The van der Waals surface area contributed by atoms with Crippen molar-refractivity contribution < 1.29 is 0 Å². The van der Waals surface area contributed by atoms with Gasteiger partial charge in [0, 0.05) is 31.1 Å². The molecule has 0 amide bonds. The number of nitrogens with zero attached hydrogens (tertiary/aromatic N) is 4. The summed E-state index contributed by atoms with van der Waals surface area (Å²) in [6, 6.07) is 2.59. The van der Waals surface area contributed by atoms with Crippen LogP contribution in [-0.4, -0.2) is 55.1 Å². The van der Waals surface area contributed by atoms with Gasteiger partial charge in [-0.1, -0.05) is 0 Å². The fourth-order valence-corrected chi connectivity index (χ4v) is 3.53. The molecule has 1 unspecified atom stereocenters. The van der Waals surface area contributed by atoms with Gasteiger partial charge in [0.1, 0.15) is 10.6 Å². The van der Waals surface area contributed by atoms with Crippen molar-refractivity contribution in [1.82, 2.24) is 14.9 Å². The summed E-state index contributed by atoms with van der Waals surface area (Å²) in [6.07, 6.45) is 0. The van der Waals surface area contributed by atoms with Crippen LogP contribution in [0, 0.1) is 6.92 Å². The molecular weight excluding hydrogens is 282 g/mol. The molecule has 2 aromatic rings. The van der Waals surface area contributed by atoms with Gasteiger partial charge in [0.2, 0.25) is 5.95 Å². The second kappa shape index (κ2) is 6.58. The van der Waals surface area contributed by atoms with Crippen molar-refractivity contribution in [2.75, 3.05) is 44.4 Å². The standard InChI is InChI=1S/C15H25N5S/c1-7-20(10(2)9-19(5)6)13-12-8-11(3)21-14(12)18-15(16-4)17-13/h8,10H,7,9H2,1-6H3,(H,16,17,18). The van der Waals surface area contributed by atoms with E-state index in [1.807, 2.05) is 7.05 Å². The van der Waals surface area contributed by atoms with Crippen molar-refractivity contribution in [3.63, 3.8) is 0 Å². The first-order valence-corrected chi connectivity index (χ1v) is 8.15. The highest BCUT2D eigenvalue weighted by Gasteiger charge is 2.20. The number of likely N-dealkylation sites (N-methyl/N-ethyl adjacent to an activating group) is 2. The Morgan fingerprint density at radius 1 is 1.33 bits per heavy atom. The van der Waals surface area contributed by atoms with Crippen LogP contribution in [0.25, 0.3) is 10.2 Å². The maximum atomic E-state index is 4.72. The van der Waals surface area contributed by atoms with Crippen LogP contribution in [0.2, 0.25) is 0 Å². The normalized spacial score (nSPS) is 12.9. The van der Waals surface area contributed by atoms with Crippen molar-refractivity contribution in [2.45, 2.75) is 26.8 Å². The van der Waals surface area contributed by atoms with Gasteiger partial charge in [0.25, 0.3) is 0 Å². The van der Waals surface area contributed by atoms with Crippen molar-refractivity contribution >= 4 is 33.3 Å². The molecule has 0 aliphatic carbocycles. The van der Waals surface area contributed by atoms with E-state index in [2.05, 4.69) is 61.0 Å². The third kappa shape index (κ3) is 3.44. The summed E-state index contributed by atoms with van der Waals surface area (Å²) in [4.78, 5) is 16.2. The monoisotopic (exact) mass is 307 g/mol. The first-order valence-electron chi connectivity index (χ1n) is 7.33. The summed E-state index contributed by atoms with van der Waals surface area (Å²) in [7, 11) is 6.08. The molecule has 0 aliphatic heterocycles. The molecule has 21 heavy (non-hydrogen) atoms. The molecule has 0 aromatic carbocycles. The molecule has 0 spiro atoms. The van der Waals surface area contributed by atoms with E-state index < -0.39 is 0 Å². The maximum absolute atomic E-state index is 4.72. The number of hydrogen-bond acceptors (Lipinski definition) is 6. The van der Waals surface area contributed by atoms with E-state index in [1.54, 1.807) is 11.3 Å². The highest BCUT2D eigenvalue weighted by atomic mass is 32.1. The topological polar surface area (TPSA) is 44.3 Å². The molecule has 1 atom stereocenters. The number of fused-ring (bicyclic) bond motifs is 1. The Morgan fingerprint density at radius 3 is 2.62 bits per heavy atom. The van der Waals surface area contributed by atoms with E-state index in [4.69, 9.17) is 4.98 Å². The van der Waals surface area contributed by atoms with Gasteiger partial charge in [0.05, 0.1) is 5.39 Å². The Bertz CT molecular complexity index is 607. The van der Waals surface area contributed by atoms with Crippen LogP contribution < -0.4 is 10.2 Å². The molecule has 1 N–H and O–H groups in total. The fraction of sp³-hybridized carbons (Fsp3) is 0.600. The Kier molecular flexibility index (Phi) is 5.00. The maximum Gasteiger partial charge on any atom is 0.225 e. The molecule has 116 valence electrons. The van der Waals surface area contributed by atoms with Gasteiger partial charge in [-0.15, -0.1) is 11.3 Å². The number of aryl methyl sites for hydroxylation is 1. The van der Waals surface area contributed by atoms with Crippen LogP contribution in [0.1, 0.15) is 18.7 Å². The molecule has 0 aliphatic rings. The van der Waals surface area contributed by atoms with Crippen LogP contribution >= 0.6 is 11.3 Å². The van der Waals surface area contributed by atoms with Gasteiger partial charge in [-0.2, -0.15) is 4.98 Å². The lowest BCUT2D eigenvalue weighted by Gasteiger charge is -2.31. The number of thiophene rings is 1. The van der Waals surface area contributed by atoms with Gasteiger partial charge in [0.15, 0.2) is 0 Å². The highest BCUT2D eigenvalue weighted by Crippen LogP contribution is 2.32. The summed E-state index contributed by atoms with van der Waals surface area (Å²) in [5, 5.41) is 4.23. The Hall–Kier alpha value is -1.40. The molecule has 2 rings (SSSR count). The number of aromatic nitrogens is 2. The second-order valence-corrected chi connectivity index (χ2v) is 6.83. The van der Waals surface area contributed by atoms with Crippen molar-refractivity contribution in [1.29, 1.82) is 0 Å². The Labute approximate surface area is 131 Å². The largest absolute Gasteiger partial charge is 0.357 e. The minimum absolute atomic E-state index is 0.396.